The molecule has 0 aromatic carbocycles. The van der Waals surface area contributed by atoms with Crippen LogP contribution in [0.1, 0.15) is 16.9 Å². The predicted molar refractivity (Wildman–Crippen MR) is 63.3 cm³/mol. The summed E-state index contributed by atoms with van der Waals surface area (Å²) in [6.45, 7) is 2.79. The van der Waals surface area contributed by atoms with Gasteiger partial charge in [0, 0.05) is 19.7 Å². The van der Waals surface area contributed by atoms with Crippen molar-refractivity contribution in [2.24, 2.45) is 0 Å². The van der Waals surface area contributed by atoms with Gasteiger partial charge in [-0.2, -0.15) is 0 Å². The van der Waals surface area contributed by atoms with Crippen molar-refractivity contribution in [3.63, 3.8) is 0 Å². The van der Waals surface area contributed by atoms with Crippen LogP contribution in [-0.2, 0) is 4.74 Å². The Morgan fingerprint density at radius 3 is 3.00 bits per heavy atom. The van der Waals surface area contributed by atoms with Crippen molar-refractivity contribution >= 4 is 17.5 Å². The number of carbonyl (C=O) groups is 1. The zero-order valence-corrected chi connectivity index (χ0v) is 9.43. The number of anilines is 2. The predicted octanol–water partition coefficient (Wildman–Crippen LogP) is 0.589. The maximum atomic E-state index is 10.9. The lowest BCUT2D eigenvalue weighted by molar-refractivity contribution is 0.0690. The molecule has 0 atom stereocenters. The first kappa shape index (κ1) is 11.7. The minimum Gasteiger partial charge on any atom is -0.477 e. The molecule has 1 aliphatic rings. The summed E-state index contributed by atoms with van der Waals surface area (Å²) in [5.41, 5.74) is 6.34. The van der Waals surface area contributed by atoms with Crippen LogP contribution >= 0.6 is 0 Å². The second kappa shape index (κ2) is 5.01. The SMILES string of the molecule is Nc1ccc(C(=O)O)nc1N1CCCOCC1. The van der Waals surface area contributed by atoms with Crippen LogP contribution in [-0.4, -0.2) is 42.4 Å². The average Bonchev–Trinajstić information content (AvgIpc) is 2.58. The third-order valence-corrected chi connectivity index (χ3v) is 2.65. The third kappa shape index (κ3) is 2.65. The number of carboxylic acids is 1. The number of carboxylic acid groups (broad SMARTS) is 1. The molecule has 92 valence electrons. The number of hydrogen-bond donors (Lipinski definition) is 2. The molecule has 17 heavy (non-hydrogen) atoms. The molecule has 0 bridgehead atoms. The molecule has 6 heteroatoms. The first-order valence-electron chi connectivity index (χ1n) is 5.51. The lowest BCUT2D eigenvalue weighted by Gasteiger charge is -2.22. The van der Waals surface area contributed by atoms with Gasteiger partial charge in [0.05, 0.1) is 12.3 Å². The Hall–Kier alpha value is -1.82. The first-order valence-corrected chi connectivity index (χ1v) is 5.51. The van der Waals surface area contributed by atoms with Crippen molar-refractivity contribution in [3.05, 3.63) is 17.8 Å². The van der Waals surface area contributed by atoms with Crippen LogP contribution in [0, 0.1) is 0 Å². The van der Waals surface area contributed by atoms with Crippen LogP contribution < -0.4 is 10.6 Å². The Morgan fingerprint density at radius 1 is 1.41 bits per heavy atom. The van der Waals surface area contributed by atoms with Crippen molar-refractivity contribution in [2.75, 3.05) is 36.9 Å². The maximum absolute atomic E-state index is 10.9. The largest absolute Gasteiger partial charge is 0.477 e. The topological polar surface area (TPSA) is 88.7 Å². The fourth-order valence-electron chi connectivity index (χ4n) is 1.79. The molecule has 0 unspecified atom stereocenters. The highest BCUT2D eigenvalue weighted by Crippen LogP contribution is 2.21. The van der Waals surface area contributed by atoms with Gasteiger partial charge in [-0.3, -0.25) is 0 Å². The molecular formula is C11H15N3O3. The molecular weight excluding hydrogens is 222 g/mol. The van der Waals surface area contributed by atoms with Gasteiger partial charge in [-0.1, -0.05) is 0 Å². The molecule has 3 N–H and O–H groups in total. The smallest absolute Gasteiger partial charge is 0.354 e. The standard InChI is InChI=1S/C11H15N3O3/c12-8-2-3-9(11(15)16)13-10(8)14-4-1-6-17-7-5-14/h2-3H,1,4-7,12H2,(H,15,16). The summed E-state index contributed by atoms with van der Waals surface area (Å²) >= 11 is 0. The summed E-state index contributed by atoms with van der Waals surface area (Å²) in [4.78, 5) is 16.9. The molecule has 2 rings (SSSR count). The molecule has 1 saturated heterocycles. The number of nitrogen functional groups attached to an aromatic ring is 1. The van der Waals surface area contributed by atoms with E-state index in [2.05, 4.69) is 4.98 Å². The van der Waals surface area contributed by atoms with Crippen LogP contribution in [0.3, 0.4) is 0 Å². The molecule has 0 aliphatic carbocycles. The van der Waals surface area contributed by atoms with Crippen molar-refractivity contribution in [1.29, 1.82) is 0 Å². The quantitative estimate of drug-likeness (QED) is 0.782. The Labute approximate surface area is 99.0 Å². The van der Waals surface area contributed by atoms with Gasteiger partial charge in [-0.25, -0.2) is 9.78 Å². The zero-order valence-electron chi connectivity index (χ0n) is 9.43. The molecule has 1 aliphatic heterocycles. The second-order valence-electron chi connectivity index (χ2n) is 3.87. The molecule has 2 heterocycles. The van der Waals surface area contributed by atoms with Gasteiger partial charge in [0.15, 0.2) is 11.5 Å². The Balaban J connectivity index is 2.28. The number of nitrogens with two attached hydrogens (primary N) is 1. The van der Waals surface area contributed by atoms with E-state index in [-0.39, 0.29) is 5.69 Å². The fraction of sp³-hybridized carbons (Fsp3) is 0.455. The van der Waals surface area contributed by atoms with E-state index in [9.17, 15) is 4.79 Å². The molecule has 0 radical (unpaired) electrons. The van der Waals surface area contributed by atoms with Crippen molar-refractivity contribution in [1.82, 2.24) is 4.98 Å². The summed E-state index contributed by atoms with van der Waals surface area (Å²) in [6, 6.07) is 2.99. The molecule has 1 aromatic heterocycles. The van der Waals surface area contributed by atoms with Gasteiger partial charge >= 0.3 is 5.97 Å². The van der Waals surface area contributed by atoms with Gasteiger partial charge in [-0.15, -0.1) is 0 Å². The van der Waals surface area contributed by atoms with Crippen LogP contribution in [0.4, 0.5) is 11.5 Å². The third-order valence-electron chi connectivity index (χ3n) is 2.65. The summed E-state index contributed by atoms with van der Waals surface area (Å²) in [5.74, 6) is -0.507. The van der Waals surface area contributed by atoms with Gasteiger partial charge in [0.2, 0.25) is 0 Å². The Kier molecular flexibility index (Phi) is 3.43. The van der Waals surface area contributed by atoms with E-state index in [1.54, 1.807) is 6.07 Å². The molecule has 0 saturated carbocycles. The number of rotatable bonds is 2. The number of pyridine rings is 1. The highest BCUT2D eigenvalue weighted by molar-refractivity contribution is 5.87. The number of aromatic nitrogens is 1. The van der Waals surface area contributed by atoms with Crippen molar-refractivity contribution in [3.8, 4) is 0 Å². The van der Waals surface area contributed by atoms with Crippen LogP contribution in [0.5, 0.6) is 0 Å². The Morgan fingerprint density at radius 2 is 2.24 bits per heavy atom. The van der Waals surface area contributed by atoms with E-state index in [4.69, 9.17) is 15.6 Å². The van der Waals surface area contributed by atoms with E-state index in [1.165, 1.54) is 6.07 Å². The summed E-state index contributed by atoms with van der Waals surface area (Å²) in [5, 5.41) is 8.91. The van der Waals surface area contributed by atoms with Gasteiger partial charge in [0.25, 0.3) is 0 Å². The zero-order chi connectivity index (χ0) is 12.3. The van der Waals surface area contributed by atoms with Gasteiger partial charge < -0.3 is 20.5 Å². The maximum Gasteiger partial charge on any atom is 0.354 e. The minimum absolute atomic E-state index is 0.0133. The number of hydrogen-bond acceptors (Lipinski definition) is 5. The summed E-state index contributed by atoms with van der Waals surface area (Å²) in [7, 11) is 0. The molecule has 1 fully saturated rings. The number of ether oxygens (including phenoxy) is 1. The number of aromatic carboxylic acids is 1. The molecule has 1 aromatic rings. The molecule has 0 amide bonds. The van der Waals surface area contributed by atoms with Crippen LogP contribution in [0.15, 0.2) is 12.1 Å². The fourth-order valence-corrected chi connectivity index (χ4v) is 1.79. The summed E-state index contributed by atoms with van der Waals surface area (Å²) < 4.78 is 5.34. The van der Waals surface area contributed by atoms with Crippen LogP contribution in [0.2, 0.25) is 0 Å². The monoisotopic (exact) mass is 237 g/mol. The Bertz CT molecular complexity index is 414. The van der Waals surface area contributed by atoms with E-state index < -0.39 is 5.97 Å². The molecule has 6 nitrogen and oxygen atoms in total. The highest BCUT2D eigenvalue weighted by Gasteiger charge is 2.16. The van der Waals surface area contributed by atoms with Crippen molar-refractivity contribution < 1.29 is 14.6 Å². The first-order chi connectivity index (χ1) is 8.18. The van der Waals surface area contributed by atoms with E-state index in [0.29, 0.717) is 24.7 Å². The van der Waals surface area contributed by atoms with E-state index in [1.807, 2.05) is 4.90 Å². The normalized spacial score (nSPS) is 16.6. The summed E-state index contributed by atoms with van der Waals surface area (Å²) in [6.07, 6.45) is 0.887. The highest BCUT2D eigenvalue weighted by atomic mass is 16.5. The lowest BCUT2D eigenvalue weighted by atomic mass is 10.3. The lowest BCUT2D eigenvalue weighted by Crippen LogP contribution is -2.28. The van der Waals surface area contributed by atoms with E-state index >= 15 is 0 Å². The van der Waals surface area contributed by atoms with Crippen LogP contribution in [0.25, 0.3) is 0 Å². The average molecular weight is 237 g/mol. The second-order valence-corrected chi connectivity index (χ2v) is 3.87. The minimum atomic E-state index is -1.04. The van der Waals surface area contributed by atoms with Gasteiger partial charge in [0.1, 0.15) is 0 Å². The van der Waals surface area contributed by atoms with E-state index in [0.717, 1.165) is 19.6 Å². The number of nitrogens with zero attached hydrogens (tertiary/aromatic N) is 2. The molecule has 0 spiro atoms. The van der Waals surface area contributed by atoms with Gasteiger partial charge in [-0.05, 0) is 18.6 Å². The van der Waals surface area contributed by atoms with Crippen molar-refractivity contribution in [2.45, 2.75) is 6.42 Å².